The number of carbonyl (C=O) groups is 2. The first-order valence-electron chi connectivity index (χ1n) is 5.60. The molecule has 1 rings (SSSR count). The van der Waals surface area contributed by atoms with Gasteiger partial charge in [0.05, 0.1) is 18.7 Å². The molecule has 5 nitrogen and oxygen atoms in total. The lowest BCUT2D eigenvalue weighted by molar-refractivity contribution is -0.143. The number of esters is 1. The normalized spacial score (nSPS) is 11.2. The zero-order chi connectivity index (χ0) is 14.3. The number of benzene rings is 1. The van der Waals surface area contributed by atoms with Gasteiger partial charge in [-0.15, -0.1) is 0 Å². The third-order valence-electron chi connectivity index (χ3n) is 2.45. The third kappa shape index (κ3) is 4.07. The maximum Gasteiger partial charge on any atom is 0.328 e. The van der Waals surface area contributed by atoms with Crippen molar-refractivity contribution in [1.82, 2.24) is 5.32 Å². The van der Waals surface area contributed by atoms with Crippen molar-refractivity contribution >= 4 is 11.9 Å². The van der Waals surface area contributed by atoms with Crippen LogP contribution in [0.5, 0.6) is 0 Å². The third-order valence-corrected chi connectivity index (χ3v) is 2.45. The van der Waals surface area contributed by atoms with Crippen molar-refractivity contribution in [2.24, 2.45) is 0 Å². The van der Waals surface area contributed by atoms with Gasteiger partial charge in [-0.1, -0.05) is 12.1 Å². The summed E-state index contributed by atoms with van der Waals surface area (Å²) in [5.41, 5.74) is -0.159. The van der Waals surface area contributed by atoms with Crippen molar-refractivity contribution in [2.75, 3.05) is 7.11 Å². The molecule has 0 aromatic heterocycles. The highest BCUT2D eigenvalue weighted by atomic mass is 19.1. The Morgan fingerprint density at radius 1 is 1.47 bits per heavy atom. The van der Waals surface area contributed by atoms with E-state index >= 15 is 0 Å². The summed E-state index contributed by atoms with van der Waals surface area (Å²) in [5.74, 6) is -2.06. The van der Waals surface area contributed by atoms with Gasteiger partial charge < -0.3 is 10.1 Å². The molecule has 1 N–H and O–H groups in total. The summed E-state index contributed by atoms with van der Waals surface area (Å²) < 4.78 is 17.9. The molecule has 1 aromatic rings. The molecule has 1 amide bonds. The van der Waals surface area contributed by atoms with Gasteiger partial charge in [-0.05, 0) is 18.6 Å². The molecule has 0 fully saturated rings. The molecular weight excluding hydrogens is 251 g/mol. The molecule has 6 heteroatoms. The molecule has 1 aromatic carbocycles. The molecule has 0 unspecified atom stereocenters. The molecule has 0 saturated heterocycles. The number of amides is 1. The Balaban J connectivity index is 2.79. The second-order valence-electron chi connectivity index (χ2n) is 3.73. The highest BCUT2D eigenvalue weighted by molar-refractivity contribution is 5.96. The first-order valence-corrected chi connectivity index (χ1v) is 5.60. The summed E-state index contributed by atoms with van der Waals surface area (Å²) in [6.07, 6.45) is 0.195. The van der Waals surface area contributed by atoms with E-state index in [1.165, 1.54) is 25.3 Å². The van der Waals surface area contributed by atoms with E-state index in [9.17, 15) is 14.0 Å². The number of halogens is 1. The van der Waals surface area contributed by atoms with Gasteiger partial charge >= 0.3 is 5.97 Å². The highest BCUT2D eigenvalue weighted by Crippen LogP contribution is 2.08. The Kier molecular flexibility index (Phi) is 5.48. The SMILES string of the molecule is COC(=O)[C@@H](CCC#N)NC(=O)c1ccccc1F. The molecule has 0 aliphatic heterocycles. The van der Waals surface area contributed by atoms with Crippen LogP contribution >= 0.6 is 0 Å². The van der Waals surface area contributed by atoms with Crippen LogP contribution in [0.15, 0.2) is 24.3 Å². The summed E-state index contributed by atoms with van der Waals surface area (Å²) in [6.45, 7) is 0. The lowest BCUT2D eigenvalue weighted by Gasteiger charge is -2.15. The number of rotatable bonds is 5. The summed E-state index contributed by atoms with van der Waals surface area (Å²) in [5, 5.41) is 10.8. The second kappa shape index (κ2) is 7.11. The minimum atomic E-state index is -0.961. The van der Waals surface area contributed by atoms with E-state index < -0.39 is 23.7 Å². The highest BCUT2D eigenvalue weighted by Gasteiger charge is 2.22. The van der Waals surface area contributed by atoms with Gasteiger partial charge in [0.1, 0.15) is 11.9 Å². The van der Waals surface area contributed by atoms with Gasteiger partial charge in [-0.2, -0.15) is 5.26 Å². The lowest BCUT2D eigenvalue weighted by atomic mass is 10.1. The van der Waals surface area contributed by atoms with E-state index in [2.05, 4.69) is 10.1 Å². The number of nitrogens with zero attached hydrogens (tertiary/aromatic N) is 1. The van der Waals surface area contributed by atoms with Crippen LogP contribution in [0.25, 0.3) is 0 Å². The molecule has 0 bridgehead atoms. The van der Waals surface area contributed by atoms with Crippen molar-refractivity contribution in [1.29, 1.82) is 5.26 Å². The minimum absolute atomic E-state index is 0.0807. The van der Waals surface area contributed by atoms with E-state index in [-0.39, 0.29) is 18.4 Å². The molecule has 0 spiro atoms. The molecule has 0 saturated carbocycles. The maximum absolute atomic E-state index is 13.4. The molecule has 0 aliphatic carbocycles. The average Bonchev–Trinajstić information content (AvgIpc) is 2.42. The first-order chi connectivity index (χ1) is 9.10. The Hall–Kier alpha value is -2.42. The van der Waals surface area contributed by atoms with E-state index in [0.29, 0.717) is 0 Å². The molecule has 19 heavy (non-hydrogen) atoms. The molecule has 100 valence electrons. The number of hydrogen-bond acceptors (Lipinski definition) is 4. The number of nitriles is 1. The van der Waals surface area contributed by atoms with Crippen LogP contribution in [0, 0.1) is 17.1 Å². The van der Waals surface area contributed by atoms with Crippen molar-refractivity contribution in [3.63, 3.8) is 0 Å². The number of ether oxygens (including phenoxy) is 1. The Labute approximate surface area is 110 Å². The van der Waals surface area contributed by atoms with Crippen molar-refractivity contribution in [3.05, 3.63) is 35.6 Å². The number of methoxy groups -OCH3 is 1. The molecule has 1 atom stereocenters. The fraction of sp³-hybridized carbons (Fsp3) is 0.308. The summed E-state index contributed by atoms with van der Waals surface area (Å²) in [7, 11) is 1.18. The second-order valence-corrected chi connectivity index (χ2v) is 3.73. The lowest BCUT2D eigenvalue weighted by Crippen LogP contribution is -2.41. The quantitative estimate of drug-likeness (QED) is 0.815. The number of carbonyl (C=O) groups excluding carboxylic acids is 2. The van der Waals surface area contributed by atoms with Gasteiger partial charge in [0, 0.05) is 6.42 Å². The van der Waals surface area contributed by atoms with Crippen LogP contribution in [0.3, 0.4) is 0 Å². The fourth-order valence-corrected chi connectivity index (χ4v) is 1.48. The summed E-state index contributed by atoms with van der Waals surface area (Å²) in [6, 6.07) is 6.34. The minimum Gasteiger partial charge on any atom is -0.467 e. The molecular formula is C13H13FN2O3. The van der Waals surface area contributed by atoms with Crippen LogP contribution in [0.1, 0.15) is 23.2 Å². The molecule has 0 heterocycles. The van der Waals surface area contributed by atoms with Crippen LogP contribution in [0.4, 0.5) is 4.39 Å². The number of hydrogen-bond donors (Lipinski definition) is 1. The largest absolute Gasteiger partial charge is 0.467 e. The van der Waals surface area contributed by atoms with E-state index in [4.69, 9.17) is 5.26 Å². The van der Waals surface area contributed by atoms with Crippen LogP contribution in [0.2, 0.25) is 0 Å². The maximum atomic E-state index is 13.4. The van der Waals surface area contributed by atoms with Crippen molar-refractivity contribution < 1.29 is 18.7 Å². The van der Waals surface area contributed by atoms with E-state index in [1.54, 1.807) is 0 Å². The Morgan fingerprint density at radius 3 is 2.74 bits per heavy atom. The molecule has 0 aliphatic rings. The van der Waals surface area contributed by atoms with Crippen LogP contribution in [-0.2, 0) is 9.53 Å². The van der Waals surface area contributed by atoms with E-state index in [0.717, 1.165) is 6.07 Å². The van der Waals surface area contributed by atoms with Crippen LogP contribution in [-0.4, -0.2) is 25.0 Å². The van der Waals surface area contributed by atoms with Crippen LogP contribution < -0.4 is 5.32 Å². The Morgan fingerprint density at radius 2 is 2.16 bits per heavy atom. The zero-order valence-corrected chi connectivity index (χ0v) is 10.4. The monoisotopic (exact) mass is 264 g/mol. The topological polar surface area (TPSA) is 79.2 Å². The summed E-state index contributed by atoms with van der Waals surface area (Å²) >= 11 is 0. The average molecular weight is 264 g/mol. The standard InChI is InChI=1S/C13H13FN2O3/c1-19-13(18)11(7-4-8-15)16-12(17)9-5-2-3-6-10(9)14/h2-3,5-6,11H,4,7H2,1H3,(H,16,17)/t11-/m1/s1. The smallest absolute Gasteiger partial charge is 0.328 e. The first kappa shape index (κ1) is 14.6. The van der Waals surface area contributed by atoms with Gasteiger partial charge in [0.15, 0.2) is 0 Å². The van der Waals surface area contributed by atoms with Gasteiger partial charge in [0.2, 0.25) is 0 Å². The predicted molar refractivity (Wildman–Crippen MR) is 64.5 cm³/mol. The number of nitrogens with one attached hydrogen (secondary N) is 1. The molecule has 0 radical (unpaired) electrons. The van der Waals surface area contributed by atoms with Gasteiger partial charge in [-0.25, -0.2) is 9.18 Å². The van der Waals surface area contributed by atoms with Crippen molar-refractivity contribution in [2.45, 2.75) is 18.9 Å². The van der Waals surface area contributed by atoms with Crippen molar-refractivity contribution in [3.8, 4) is 6.07 Å². The fourth-order valence-electron chi connectivity index (χ4n) is 1.48. The van der Waals surface area contributed by atoms with Gasteiger partial charge in [-0.3, -0.25) is 4.79 Å². The van der Waals surface area contributed by atoms with Gasteiger partial charge in [0.25, 0.3) is 5.91 Å². The predicted octanol–water partition coefficient (Wildman–Crippen LogP) is 1.40. The zero-order valence-electron chi connectivity index (χ0n) is 10.4. The Bertz CT molecular complexity index is 511. The van der Waals surface area contributed by atoms with E-state index in [1.807, 2.05) is 6.07 Å². The summed E-state index contributed by atoms with van der Waals surface area (Å²) in [4.78, 5) is 23.2.